The van der Waals surface area contributed by atoms with Crippen molar-refractivity contribution in [2.45, 2.75) is 19.9 Å². The number of carboxylic acid groups (broad SMARTS) is 1. The van der Waals surface area contributed by atoms with E-state index in [0.29, 0.717) is 5.76 Å². The van der Waals surface area contributed by atoms with Gasteiger partial charge in [0.25, 0.3) is 5.91 Å². The third-order valence-electron chi connectivity index (χ3n) is 2.93. The summed E-state index contributed by atoms with van der Waals surface area (Å²) in [5.41, 5.74) is 0.768. The lowest BCUT2D eigenvalue weighted by Crippen LogP contribution is -2.44. The number of nitrogens with zero attached hydrogens (tertiary/aromatic N) is 2. The van der Waals surface area contributed by atoms with Crippen LogP contribution in [0.5, 0.6) is 0 Å². The highest BCUT2D eigenvalue weighted by molar-refractivity contribution is 5.95. The Kier molecular flexibility index (Phi) is 4.32. The van der Waals surface area contributed by atoms with Crippen LogP contribution >= 0.6 is 0 Å². The molecule has 110 valence electrons. The van der Waals surface area contributed by atoms with Crippen LogP contribution in [0.1, 0.15) is 24.3 Å². The Morgan fingerprint density at radius 1 is 1.29 bits per heavy atom. The zero-order valence-electron chi connectivity index (χ0n) is 11.6. The zero-order chi connectivity index (χ0) is 15.4. The minimum atomic E-state index is -1.09. The fraction of sp³-hybridized carbons (Fsp3) is 0.286. The fourth-order valence-electron chi connectivity index (χ4n) is 1.76. The molecule has 0 saturated carbocycles. The van der Waals surface area contributed by atoms with Crippen LogP contribution in [0.25, 0.3) is 11.3 Å². The molecule has 2 aromatic rings. The van der Waals surface area contributed by atoms with Crippen LogP contribution in [0.4, 0.5) is 0 Å². The molecule has 0 aromatic carbocycles. The van der Waals surface area contributed by atoms with E-state index in [0.717, 1.165) is 5.56 Å². The van der Waals surface area contributed by atoms with Gasteiger partial charge in [-0.1, -0.05) is 19.0 Å². The monoisotopic (exact) mass is 289 g/mol. The normalized spacial score (nSPS) is 12.1. The van der Waals surface area contributed by atoms with Gasteiger partial charge in [0.05, 0.1) is 0 Å². The molecule has 2 rings (SSSR count). The van der Waals surface area contributed by atoms with Crippen LogP contribution in [-0.4, -0.2) is 33.2 Å². The molecule has 0 spiro atoms. The van der Waals surface area contributed by atoms with Gasteiger partial charge in [-0.2, -0.15) is 0 Å². The average Bonchev–Trinajstić information content (AvgIpc) is 2.94. The molecule has 7 nitrogen and oxygen atoms in total. The highest BCUT2D eigenvalue weighted by Gasteiger charge is 2.25. The molecule has 2 heterocycles. The van der Waals surface area contributed by atoms with Gasteiger partial charge in [-0.15, -0.1) is 0 Å². The van der Waals surface area contributed by atoms with Crippen LogP contribution in [-0.2, 0) is 4.79 Å². The van der Waals surface area contributed by atoms with Gasteiger partial charge in [0.15, 0.2) is 11.5 Å². The van der Waals surface area contributed by atoms with Crippen molar-refractivity contribution in [2.24, 2.45) is 5.92 Å². The van der Waals surface area contributed by atoms with Gasteiger partial charge in [0.1, 0.15) is 6.04 Å². The zero-order valence-corrected chi connectivity index (χ0v) is 11.6. The third kappa shape index (κ3) is 3.44. The highest BCUT2D eigenvalue weighted by atomic mass is 16.5. The topological polar surface area (TPSA) is 105 Å². The minimum Gasteiger partial charge on any atom is -0.480 e. The molecule has 0 fully saturated rings. The SMILES string of the molecule is CC(C)[C@H](NC(=O)c1cc(-c2ccncc2)on1)C(=O)O. The molecule has 1 atom stereocenters. The third-order valence-corrected chi connectivity index (χ3v) is 2.93. The Morgan fingerprint density at radius 2 is 1.95 bits per heavy atom. The summed E-state index contributed by atoms with van der Waals surface area (Å²) in [4.78, 5) is 27.0. The highest BCUT2D eigenvalue weighted by Crippen LogP contribution is 2.19. The molecule has 0 radical (unpaired) electrons. The Balaban J connectivity index is 2.14. The molecule has 0 aliphatic rings. The summed E-state index contributed by atoms with van der Waals surface area (Å²) in [6, 6.07) is 3.93. The lowest BCUT2D eigenvalue weighted by molar-refractivity contribution is -0.140. The van der Waals surface area contributed by atoms with Crippen molar-refractivity contribution < 1.29 is 19.2 Å². The van der Waals surface area contributed by atoms with Crippen molar-refractivity contribution >= 4 is 11.9 Å². The summed E-state index contributed by atoms with van der Waals surface area (Å²) < 4.78 is 5.09. The van der Waals surface area contributed by atoms with Crippen molar-refractivity contribution in [2.75, 3.05) is 0 Å². The molecular weight excluding hydrogens is 274 g/mol. The van der Waals surface area contributed by atoms with E-state index in [9.17, 15) is 9.59 Å². The molecule has 0 unspecified atom stereocenters. The average molecular weight is 289 g/mol. The molecule has 0 saturated heterocycles. The van der Waals surface area contributed by atoms with Gasteiger partial charge in [0.2, 0.25) is 0 Å². The first-order chi connectivity index (χ1) is 9.99. The van der Waals surface area contributed by atoms with E-state index in [1.54, 1.807) is 38.4 Å². The van der Waals surface area contributed by atoms with Crippen LogP contribution in [0, 0.1) is 5.92 Å². The quantitative estimate of drug-likeness (QED) is 0.865. The summed E-state index contributed by atoms with van der Waals surface area (Å²) in [7, 11) is 0. The van der Waals surface area contributed by atoms with Crippen LogP contribution in [0.15, 0.2) is 35.1 Å². The fourth-order valence-corrected chi connectivity index (χ4v) is 1.76. The number of hydrogen-bond acceptors (Lipinski definition) is 5. The van der Waals surface area contributed by atoms with E-state index in [4.69, 9.17) is 9.63 Å². The predicted molar refractivity (Wildman–Crippen MR) is 73.5 cm³/mol. The lowest BCUT2D eigenvalue weighted by Gasteiger charge is -2.16. The van der Waals surface area contributed by atoms with Gasteiger partial charge in [-0.05, 0) is 18.1 Å². The van der Waals surface area contributed by atoms with Crippen molar-refractivity contribution in [3.63, 3.8) is 0 Å². The number of rotatable bonds is 5. The first-order valence-electron chi connectivity index (χ1n) is 6.40. The predicted octanol–water partition coefficient (Wildman–Crippen LogP) is 1.58. The number of nitrogens with one attached hydrogen (secondary N) is 1. The second-order valence-corrected chi connectivity index (χ2v) is 4.85. The minimum absolute atomic E-state index is 0.0358. The van der Waals surface area contributed by atoms with E-state index in [1.165, 1.54) is 6.07 Å². The molecular formula is C14H15N3O4. The second kappa shape index (κ2) is 6.17. The van der Waals surface area contributed by atoms with Gasteiger partial charge in [0, 0.05) is 24.0 Å². The Hall–Kier alpha value is -2.70. The Bertz CT molecular complexity index is 637. The van der Waals surface area contributed by atoms with E-state index in [2.05, 4.69) is 15.5 Å². The number of carbonyl (C=O) groups is 2. The number of pyridine rings is 1. The van der Waals surface area contributed by atoms with E-state index in [1.807, 2.05) is 0 Å². The van der Waals surface area contributed by atoms with Gasteiger partial charge < -0.3 is 14.9 Å². The van der Waals surface area contributed by atoms with Crippen molar-refractivity contribution in [1.82, 2.24) is 15.5 Å². The molecule has 2 N–H and O–H groups in total. The molecule has 21 heavy (non-hydrogen) atoms. The number of aliphatic carboxylic acids is 1. The first-order valence-corrected chi connectivity index (χ1v) is 6.40. The van der Waals surface area contributed by atoms with Gasteiger partial charge in [-0.25, -0.2) is 4.79 Å². The van der Waals surface area contributed by atoms with Crippen LogP contribution in [0.3, 0.4) is 0 Å². The maximum absolute atomic E-state index is 12.0. The lowest BCUT2D eigenvalue weighted by atomic mass is 10.0. The van der Waals surface area contributed by atoms with Crippen molar-refractivity contribution in [1.29, 1.82) is 0 Å². The van der Waals surface area contributed by atoms with E-state index >= 15 is 0 Å². The molecule has 7 heteroatoms. The standard InChI is InChI=1S/C14H15N3O4/c1-8(2)12(14(19)20)16-13(18)10-7-11(21-17-10)9-3-5-15-6-4-9/h3-8,12H,1-2H3,(H,16,18)(H,19,20)/t12-/m0/s1. The summed E-state index contributed by atoms with van der Waals surface area (Å²) in [6.45, 7) is 3.43. The van der Waals surface area contributed by atoms with E-state index in [-0.39, 0.29) is 11.6 Å². The molecule has 0 bridgehead atoms. The summed E-state index contributed by atoms with van der Waals surface area (Å²) in [6.07, 6.45) is 3.19. The van der Waals surface area contributed by atoms with Crippen molar-refractivity contribution in [3.05, 3.63) is 36.3 Å². The summed E-state index contributed by atoms with van der Waals surface area (Å²) >= 11 is 0. The number of aromatic nitrogens is 2. The molecule has 1 amide bonds. The van der Waals surface area contributed by atoms with E-state index < -0.39 is 17.9 Å². The molecule has 0 aliphatic heterocycles. The maximum Gasteiger partial charge on any atom is 0.326 e. The second-order valence-electron chi connectivity index (χ2n) is 4.85. The number of carboxylic acids is 1. The van der Waals surface area contributed by atoms with Gasteiger partial charge >= 0.3 is 5.97 Å². The number of hydrogen-bond donors (Lipinski definition) is 2. The number of carbonyl (C=O) groups excluding carboxylic acids is 1. The number of amides is 1. The molecule has 2 aromatic heterocycles. The summed E-state index contributed by atoms with van der Waals surface area (Å²) in [5.74, 6) is -1.49. The van der Waals surface area contributed by atoms with Crippen LogP contribution < -0.4 is 5.32 Å². The first kappa shape index (κ1) is 14.7. The van der Waals surface area contributed by atoms with Crippen molar-refractivity contribution in [3.8, 4) is 11.3 Å². The van der Waals surface area contributed by atoms with Crippen LogP contribution in [0.2, 0.25) is 0 Å². The maximum atomic E-state index is 12.0. The molecule has 0 aliphatic carbocycles. The van der Waals surface area contributed by atoms with Gasteiger partial charge in [-0.3, -0.25) is 9.78 Å². The Morgan fingerprint density at radius 3 is 2.52 bits per heavy atom. The Labute approximate surface area is 121 Å². The largest absolute Gasteiger partial charge is 0.480 e. The summed E-state index contributed by atoms with van der Waals surface area (Å²) in [5, 5.41) is 15.1. The smallest absolute Gasteiger partial charge is 0.326 e.